The molecule has 0 heterocycles. The lowest BCUT2D eigenvalue weighted by Crippen LogP contribution is -2.53. The molecule has 1 saturated carbocycles. The standard InChI is InChI=1S/C30H33ClN2O3/c31-27-19-11-10-14-24(27)21-33(29(34)22-36-26-17-8-3-9-18-26)28(20-23-12-4-1-5-13-23)30(35)32-25-15-6-2-7-16-25/h1,3-5,8-14,17-19,25,28H,2,6-7,15-16,20-22H2,(H,32,35). The van der Waals surface area contributed by atoms with E-state index in [-0.39, 0.29) is 31.0 Å². The van der Waals surface area contributed by atoms with Crippen molar-refractivity contribution >= 4 is 23.4 Å². The first-order valence-corrected chi connectivity index (χ1v) is 13.0. The van der Waals surface area contributed by atoms with Crippen molar-refractivity contribution < 1.29 is 14.3 Å². The van der Waals surface area contributed by atoms with Gasteiger partial charge in [0.2, 0.25) is 5.91 Å². The summed E-state index contributed by atoms with van der Waals surface area (Å²) in [5, 5.41) is 3.80. The van der Waals surface area contributed by atoms with Gasteiger partial charge in [0.05, 0.1) is 0 Å². The van der Waals surface area contributed by atoms with Crippen LogP contribution in [0.15, 0.2) is 84.9 Å². The summed E-state index contributed by atoms with van der Waals surface area (Å²) in [4.78, 5) is 29.0. The monoisotopic (exact) mass is 504 g/mol. The number of benzene rings is 3. The second-order valence-corrected chi connectivity index (χ2v) is 9.67. The molecule has 1 N–H and O–H groups in total. The average Bonchev–Trinajstić information content (AvgIpc) is 2.92. The fourth-order valence-electron chi connectivity index (χ4n) is 4.65. The van der Waals surface area contributed by atoms with Crippen LogP contribution in [0.1, 0.15) is 43.2 Å². The van der Waals surface area contributed by atoms with Crippen molar-refractivity contribution in [1.82, 2.24) is 10.2 Å². The lowest BCUT2D eigenvalue weighted by molar-refractivity contribution is -0.143. The predicted molar refractivity (Wildman–Crippen MR) is 143 cm³/mol. The van der Waals surface area contributed by atoms with E-state index in [1.54, 1.807) is 11.0 Å². The molecule has 6 heteroatoms. The van der Waals surface area contributed by atoms with Crippen molar-refractivity contribution in [3.63, 3.8) is 0 Å². The Morgan fingerprint density at radius 2 is 1.53 bits per heavy atom. The number of para-hydroxylation sites is 1. The Balaban J connectivity index is 1.61. The normalized spacial score (nSPS) is 14.6. The molecule has 1 fully saturated rings. The zero-order valence-corrected chi connectivity index (χ0v) is 21.2. The van der Waals surface area contributed by atoms with Crippen molar-refractivity contribution in [2.75, 3.05) is 6.61 Å². The fourth-order valence-corrected chi connectivity index (χ4v) is 4.85. The van der Waals surface area contributed by atoms with E-state index in [1.165, 1.54) is 6.42 Å². The number of amides is 2. The number of hydrogen-bond acceptors (Lipinski definition) is 3. The first-order chi connectivity index (χ1) is 17.6. The maximum atomic E-state index is 13.7. The lowest BCUT2D eigenvalue weighted by Gasteiger charge is -2.33. The predicted octanol–water partition coefficient (Wildman–Crippen LogP) is 5.81. The van der Waals surface area contributed by atoms with E-state index in [2.05, 4.69) is 5.32 Å². The van der Waals surface area contributed by atoms with E-state index < -0.39 is 6.04 Å². The number of carbonyl (C=O) groups excluding carboxylic acids is 2. The molecule has 1 aliphatic rings. The summed E-state index contributed by atoms with van der Waals surface area (Å²) in [6, 6.07) is 25.9. The molecule has 0 aliphatic heterocycles. The molecule has 3 aromatic rings. The van der Waals surface area contributed by atoms with Gasteiger partial charge in [-0.05, 0) is 42.2 Å². The molecule has 188 valence electrons. The highest BCUT2D eigenvalue weighted by molar-refractivity contribution is 6.31. The summed E-state index contributed by atoms with van der Waals surface area (Å²) in [5.74, 6) is 0.208. The van der Waals surface area contributed by atoms with Gasteiger partial charge in [-0.1, -0.05) is 97.6 Å². The molecular formula is C30H33ClN2O3. The highest BCUT2D eigenvalue weighted by Gasteiger charge is 2.32. The Hall–Kier alpha value is -3.31. The number of carbonyl (C=O) groups is 2. The minimum Gasteiger partial charge on any atom is -0.484 e. The summed E-state index contributed by atoms with van der Waals surface area (Å²) in [7, 11) is 0. The third-order valence-corrected chi connectivity index (χ3v) is 7.00. The summed E-state index contributed by atoms with van der Waals surface area (Å²) >= 11 is 6.48. The first kappa shape index (κ1) is 25.8. The number of nitrogens with zero attached hydrogens (tertiary/aromatic N) is 1. The van der Waals surface area contributed by atoms with Crippen LogP contribution in [0.5, 0.6) is 5.75 Å². The zero-order valence-electron chi connectivity index (χ0n) is 20.4. The van der Waals surface area contributed by atoms with Crippen LogP contribution >= 0.6 is 11.6 Å². The average molecular weight is 505 g/mol. The Kier molecular flexibility index (Phi) is 9.40. The van der Waals surface area contributed by atoms with Crippen molar-refractivity contribution in [2.45, 2.75) is 57.2 Å². The molecule has 0 aromatic heterocycles. The minimum absolute atomic E-state index is 0.133. The smallest absolute Gasteiger partial charge is 0.261 e. The van der Waals surface area contributed by atoms with Crippen LogP contribution in [0.3, 0.4) is 0 Å². The summed E-state index contributed by atoms with van der Waals surface area (Å²) in [6.45, 7) is 0.0444. The second kappa shape index (κ2) is 13.1. The number of ether oxygens (including phenoxy) is 1. The molecule has 1 aliphatic carbocycles. The zero-order chi connectivity index (χ0) is 25.2. The minimum atomic E-state index is -0.697. The summed E-state index contributed by atoms with van der Waals surface area (Å²) < 4.78 is 5.79. The van der Waals surface area contributed by atoms with Gasteiger partial charge in [-0.15, -0.1) is 0 Å². The fraction of sp³-hybridized carbons (Fsp3) is 0.333. The summed E-state index contributed by atoms with van der Waals surface area (Å²) in [6.07, 6.45) is 5.77. The van der Waals surface area contributed by atoms with Crippen LogP contribution in [0, 0.1) is 0 Å². The number of halogens is 1. The molecule has 0 radical (unpaired) electrons. The van der Waals surface area contributed by atoms with Gasteiger partial charge < -0.3 is 15.0 Å². The Labute approximate surface area is 218 Å². The van der Waals surface area contributed by atoms with Crippen molar-refractivity contribution in [2.24, 2.45) is 0 Å². The highest BCUT2D eigenvalue weighted by Crippen LogP contribution is 2.22. The maximum absolute atomic E-state index is 13.7. The van der Waals surface area contributed by atoms with E-state index in [0.717, 1.165) is 36.8 Å². The summed E-state index contributed by atoms with van der Waals surface area (Å²) in [5.41, 5.74) is 1.78. The number of nitrogens with one attached hydrogen (secondary N) is 1. The van der Waals surface area contributed by atoms with Crippen LogP contribution in [0.4, 0.5) is 0 Å². The van der Waals surface area contributed by atoms with Crippen molar-refractivity contribution in [3.05, 3.63) is 101 Å². The Morgan fingerprint density at radius 1 is 0.889 bits per heavy atom. The van der Waals surface area contributed by atoms with Gasteiger partial charge in [0, 0.05) is 24.0 Å². The topological polar surface area (TPSA) is 58.6 Å². The largest absolute Gasteiger partial charge is 0.484 e. The Bertz CT molecular complexity index is 1120. The van der Waals surface area contributed by atoms with E-state index in [1.807, 2.05) is 78.9 Å². The third kappa shape index (κ3) is 7.34. The van der Waals surface area contributed by atoms with Gasteiger partial charge in [0.1, 0.15) is 11.8 Å². The van der Waals surface area contributed by atoms with E-state index in [0.29, 0.717) is 17.2 Å². The molecule has 36 heavy (non-hydrogen) atoms. The molecule has 4 rings (SSSR count). The molecule has 5 nitrogen and oxygen atoms in total. The second-order valence-electron chi connectivity index (χ2n) is 9.26. The van der Waals surface area contributed by atoms with E-state index >= 15 is 0 Å². The van der Waals surface area contributed by atoms with E-state index in [4.69, 9.17) is 16.3 Å². The van der Waals surface area contributed by atoms with Crippen LogP contribution in [-0.4, -0.2) is 35.4 Å². The molecule has 2 amide bonds. The molecule has 3 aromatic carbocycles. The van der Waals surface area contributed by atoms with Crippen molar-refractivity contribution in [1.29, 1.82) is 0 Å². The molecular weight excluding hydrogens is 472 g/mol. The van der Waals surface area contributed by atoms with Crippen LogP contribution < -0.4 is 10.1 Å². The molecule has 1 unspecified atom stereocenters. The lowest BCUT2D eigenvalue weighted by atomic mass is 9.94. The molecule has 0 saturated heterocycles. The van der Waals surface area contributed by atoms with Crippen LogP contribution in [0.25, 0.3) is 0 Å². The van der Waals surface area contributed by atoms with Gasteiger partial charge in [0.15, 0.2) is 6.61 Å². The van der Waals surface area contributed by atoms with Crippen LogP contribution in [0.2, 0.25) is 5.02 Å². The number of rotatable bonds is 10. The van der Waals surface area contributed by atoms with Crippen molar-refractivity contribution in [3.8, 4) is 5.75 Å². The SMILES string of the molecule is O=C(NC1CCCCC1)C(Cc1ccccc1)N(Cc1ccccc1Cl)C(=O)COc1ccccc1. The van der Waals surface area contributed by atoms with Gasteiger partial charge in [-0.2, -0.15) is 0 Å². The first-order valence-electron chi connectivity index (χ1n) is 12.6. The maximum Gasteiger partial charge on any atom is 0.261 e. The van der Waals surface area contributed by atoms with Gasteiger partial charge in [0.25, 0.3) is 5.91 Å². The van der Waals surface area contributed by atoms with E-state index in [9.17, 15) is 9.59 Å². The molecule has 0 spiro atoms. The quantitative estimate of drug-likeness (QED) is 0.379. The molecule has 1 atom stereocenters. The third-order valence-electron chi connectivity index (χ3n) is 6.63. The Morgan fingerprint density at radius 3 is 2.22 bits per heavy atom. The highest BCUT2D eigenvalue weighted by atomic mass is 35.5. The van der Waals surface area contributed by atoms with Gasteiger partial charge in [-0.25, -0.2) is 0 Å². The number of hydrogen-bond donors (Lipinski definition) is 1. The van der Waals surface area contributed by atoms with Gasteiger partial charge >= 0.3 is 0 Å². The van der Waals surface area contributed by atoms with Crippen LogP contribution in [-0.2, 0) is 22.6 Å². The molecule has 0 bridgehead atoms. The van der Waals surface area contributed by atoms with Gasteiger partial charge in [-0.3, -0.25) is 9.59 Å².